The maximum atomic E-state index is 12.2. The second-order valence-electron chi connectivity index (χ2n) is 6.68. The van der Waals surface area contributed by atoms with E-state index >= 15 is 0 Å². The zero-order chi connectivity index (χ0) is 20.8. The van der Waals surface area contributed by atoms with E-state index in [-0.39, 0.29) is 24.1 Å². The molecular formula is C17H22F3N3O4. The lowest BCUT2D eigenvalue weighted by atomic mass is 9.99. The molecule has 0 fully saturated rings. The Morgan fingerprint density at radius 1 is 1.15 bits per heavy atom. The van der Waals surface area contributed by atoms with Crippen LogP contribution in [0.3, 0.4) is 0 Å². The molecule has 0 saturated heterocycles. The van der Waals surface area contributed by atoms with Crippen molar-refractivity contribution in [2.24, 2.45) is 0 Å². The van der Waals surface area contributed by atoms with Gasteiger partial charge in [-0.25, -0.2) is 4.79 Å². The number of rotatable bonds is 7. The molecule has 0 radical (unpaired) electrons. The molecule has 0 aliphatic carbocycles. The predicted molar refractivity (Wildman–Crippen MR) is 92.7 cm³/mol. The topological polar surface area (TPSA) is 108 Å². The highest BCUT2D eigenvalue weighted by molar-refractivity contribution is 5.97. The first-order valence-electron chi connectivity index (χ1n) is 8.06. The normalized spacial score (nSPS) is 11.6. The third-order valence-corrected chi connectivity index (χ3v) is 3.61. The molecule has 3 amide bonds. The third kappa shape index (κ3) is 8.43. The van der Waals surface area contributed by atoms with Gasteiger partial charge in [-0.05, 0) is 44.9 Å². The van der Waals surface area contributed by atoms with Crippen LogP contribution in [0, 0.1) is 6.92 Å². The molecule has 1 rings (SSSR count). The number of carboxylic acid groups (broad SMARTS) is 1. The molecular weight excluding hydrogens is 367 g/mol. The van der Waals surface area contributed by atoms with Crippen molar-refractivity contribution in [3.63, 3.8) is 0 Å². The number of urea groups is 1. The average Bonchev–Trinajstić information content (AvgIpc) is 2.51. The Hall–Kier alpha value is -2.78. The molecule has 0 bridgehead atoms. The van der Waals surface area contributed by atoms with Gasteiger partial charge in [-0.15, -0.1) is 0 Å². The zero-order valence-corrected chi connectivity index (χ0v) is 15.2. The fourth-order valence-electron chi connectivity index (χ4n) is 2.12. The summed E-state index contributed by atoms with van der Waals surface area (Å²) in [5.74, 6) is -1.91. The van der Waals surface area contributed by atoms with E-state index in [9.17, 15) is 27.6 Å². The quantitative estimate of drug-likeness (QED) is 0.575. The fourth-order valence-corrected chi connectivity index (χ4v) is 2.12. The number of hydrogen-bond donors (Lipinski definition) is 4. The SMILES string of the molecule is Cc1ccc(C(=O)NCC(F)(F)F)cc1NC(=O)NC(C)(C)CCC(=O)O. The number of anilines is 1. The van der Waals surface area contributed by atoms with E-state index in [1.165, 1.54) is 18.2 Å². The molecule has 10 heteroatoms. The summed E-state index contributed by atoms with van der Waals surface area (Å²) in [6.45, 7) is 3.51. The van der Waals surface area contributed by atoms with Crippen LogP contribution in [-0.2, 0) is 4.79 Å². The smallest absolute Gasteiger partial charge is 0.405 e. The highest BCUT2D eigenvalue weighted by Crippen LogP contribution is 2.19. The molecule has 0 aromatic heterocycles. The van der Waals surface area contributed by atoms with Gasteiger partial charge in [-0.1, -0.05) is 6.07 Å². The van der Waals surface area contributed by atoms with Crippen LogP contribution in [0.5, 0.6) is 0 Å². The second-order valence-corrected chi connectivity index (χ2v) is 6.68. The number of benzene rings is 1. The summed E-state index contributed by atoms with van der Waals surface area (Å²) >= 11 is 0. The van der Waals surface area contributed by atoms with Crippen LogP contribution in [0.4, 0.5) is 23.7 Å². The van der Waals surface area contributed by atoms with Crippen LogP contribution in [0.25, 0.3) is 0 Å². The maximum absolute atomic E-state index is 12.2. The number of aliphatic carboxylic acids is 1. The highest BCUT2D eigenvalue weighted by atomic mass is 19.4. The Labute approximate surface area is 154 Å². The number of hydrogen-bond acceptors (Lipinski definition) is 3. The van der Waals surface area contributed by atoms with Crippen LogP contribution in [0.1, 0.15) is 42.6 Å². The number of alkyl halides is 3. The van der Waals surface area contributed by atoms with Gasteiger partial charge in [-0.2, -0.15) is 13.2 Å². The van der Waals surface area contributed by atoms with Crippen molar-refractivity contribution in [2.45, 2.75) is 45.3 Å². The van der Waals surface area contributed by atoms with Crippen molar-refractivity contribution in [1.29, 1.82) is 0 Å². The van der Waals surface area contributed by atoms with Gasteiger partial charge in [0.15, 0.2) is 0 Å². The summed E-state index contributed by atoms with van der Waals surface area (Å²) < 4.78 is 36.6. The van der Waals surface area contributed by atoms with Gasteiger partial charge >= 0.3 is 18.2 Å². The standard InChI is InChI=1S/C17H22F3N3O4/c1-10-4-5-11(14(26)21-9-17(18,19)20)8-12(10)22-15(27)23-16(2,3)7-6-13(24)25/h4-5,8H,6-7,9H2,1-3H3,(H,21,26)(H,24,25)(H2,22,23,27). The molecule has 4 N–H and O–H groups in total. The van der Waals surface area contributed by atoms with E-state index in [1.807, 2.05) is 0 Å². The molecule has 0 aliphatic rings. The predicted octanol–water partition coefficient (Wildman–Crippen LogP) is 3.05. The Morgan fingerprint density at radius 3 is 2.33 bits per heavy atom. The molecule has 1 aromatic rings. The first-order valence-corrected chi connectivity index (χ1v) is 8.06. The number of carboxylic acids is 1. The van der Waals surface area contributed by atoms with E-state index < -0.39 is 36.2 Å². The second kappa shape index (κ2) is 8.74. The summed E-state index contributed by atoms with van der Waals surface area (Å²) in [5, 5.41) is 15.6. The highest BCUT2D eigenvalue weighted by Gasteiger charge is 2.28. The molecule has 27 heavy (non-hydrogen) atoms. The Balaban J connectivity index is 2.78. The van der Waals surface area contributed by atoms with Gasteiger partial charge in [0, 0.05) is 23.2 Å². The Kier molecular flexibility index (Phi) is 7.21. The zero-order valence-electron chi connectivity index (χ0n) is 15.2. The van der Waals surface area contributed by atoms with Gasteiger partial charge in [0.05, 0.1) is 0 Å². The minimum atomic E-state index is -4.52. The van der Waals surface area contributed by atoms with E-state index in [4.69, 9.17) is 5.11 Å². The van der Waals surface area contributed by atoms with Crippen molar-refractivity contribution < 1.29 is 32.7 Å². The van der Waals surface area contributed by atoms with Crippen molar-refractivity contribution in [3.8, 4) is 0 Å². The van der Waals surface area contributed by atoms with E-state index in [0.717, 1.165) is 0 Å². The lowest BCUT2D eigenvalue weighted by Crippen LogP contribution is -2.45. The van der Waals surface area contributed by atoms with Crippen molar-refractivity contribution in [3.05, 3.63) is 29.3 Å². The van der Waals surface area contributed by atoms with Crippen molar-refractivity contribution >= 4 is 23.6 Å². The fraction of sp³-hybridized carbons (Fsp3) is 0.471. The number of amides is 3. The van der Waals surface area contributed by atoms with Gasteiger partial charge < -0.3 is 21.1 Å². The molecule has 0 unspecified atom stereocenters. The van der Waals surface area contributed by atoms with Crippen LogP contribution in [0.2, 0.25) is 0 Å². The summed E-state index contributed by atoms with van der Waals surface area (Å²) in [6, 6.07) is 3.49. The lowest BCUT2D eigenvalue weighted by Gasteiger charge is -2.26. The Bertz CT molecular complexity index is 718. The van der Waals surface area contributed by atoms with Crippen LogP contribution < -0.4 is 16.0 Å². The van der Waals surface area contributed by atoms with Crippen molar-refractivity contribution in [2.75, 3.05) is 11.9 Å². The Morgan fingerprint density at radius 2 is 1.78 bits per heavy atom. The monoisotopic (exact) mass is 389 g/mol. The summed E-state index contributed by atoms with van der Waals surface area (Å²) in [4.78, 5) is 34.6. The number of aryl methyl sites for hydroxylation is 1. The van der Waals surface area contributed by atoms with E-state index in [2.05, 4.69) is 10.6 Å². The van der Waals surface area contributed by atoms with E-state index in [0.29, 0.717) is 5.56 Å². The lowest BCUT2D eigenvalue weighted by molar-refractivity contribution is -0.137. The van der Waals surface area contributed by atoms with E-state index in [1.54, 1.807) is 26.1 Å². The average molecular weight is 389 g/mol. The summed E-state index contributed by atoms with van der Waals surface area (Å²) in [6.07, 6.45) is -4.45. The van der Waals surface area contributed by atoms with Gasteiger partial charge in [0.2, 0.25) is 0 Å². The molecule has 0 saturated carbocycles. The molecule has 0 spiro atoms. The first kappa shape index (κ1) is 22.3. The minimum Gasteiger partial charge on any atom is -0.481 e. The molecule has 0 atom stereocenters. The third-order valence-electron chi connectivity index (χ3n) is 3.61. The molecule has 7 nitrogen and oxygen atoms in total. The van der Waals surface area contributed by atoms with Crippen LogP contribution in [-0.4, -0.2) is 41.3 Å². The molecule has 0 heterocycles. The maximum Gasteiger partial charge on any atom is 0.405 e. The van der Waals surface area contributed by atoms with Gasteiger partial charge in [0.25, 0.3) is 5.91 Å². The molecule has 150 valence electrons. The number of carbonyl (C=O) groups is 3. The van der Waals surface area contributed by atoms with Gasteiger partial charge in [0.1, 0.15) is 6.54 Å². The number of nitrogens with one attached hydrogen (secondary N) is 3. The number of halogens is 3. The van der Waals surface area contributed by atoms with Gasteiger partial charge in [-0.3, -0.25) is 9.59 Å². The van der Waals surface area contributed by atoms with Crippen LogP contribution in [0.15, 0.2) is 18.2 Å². The molecule has 1 aromatic carbocycles. The largest absolute Gasteiger partial charge is 0.481 e. The molecule has 0 aliphatic heterocycles. The summed E-state index contributed by atoms with van der Waals surface area (Å²) in [7, 11) is 0. The van der Waals surface area contributed by atoms with Crippen LogP contribution >= 0.6 is 0 Å². The van der Waals surface area contributed by atoms with Crippen molar-refractivity contribution in [1.82, 2.24) is 10.6 Å². The first-order chi connectivity index (χ1) is 12.3. The minimum absolute atomic E-state index is 0.0368. The summed E-state index contributed by atoms with van der Waals surface area (Å²) in [5.41, 5.74) is 0.0188. The number of carbonyl (C=O) groups excluding carboxylic acids is 2.